The topological polar surface area (TPSA) is 65.3 Å². The second-order valence-electron chi connectivity index (χ2n) is 6.85. The van der Waals surface area contributed by atoms with Crippen LogP contribution in [0.3, 0.4) is 0 Å². The normalized spacial score (nSPS) is 28.6. The summed E-state index contributed by atoms with van der Waals surface area (Å²) in [7, 11) is -3.83. The van der Waals surface area contributed by atoms with Gasteiger partial charge in [-0.25, -0.2) is 12.8 Å². The standard InChI is InChI=1S/C18H16ClFN4O2S/c19-9-10-23-18-15(21-22-23)16-13-3-1-2-4-14(13)17(18)24(16)27(25,26)12-7-5-11(20)6-8-12/h1-8,15-18H,9-10H2. The smallest absolute Gasteiger partial charge is 0.244 e. The molecule has 2 aromatic carbocycles. The molecule has 0 N–H and O–H groups in total. The van der Waals surface area contributed by atoms with Crippen LogP contribution in [0.15, 0.2) is 63.8 Å². The lowest BCUT2D eigenvalue weighted by Crippen LogP contribution is -2.40. The molecular formula is C18H16ClFN4O2S. The van der Waals surface area contributed by atoms with Crippen molar-refractivity contribution in [2.45, 2.75) is 29.1 Å². The van der Waals surface area contributed by atoms with E-state index in [0.29, 0.717) is 12.4 Å². The summed E-state index contributed by atoms with van der Waals surface area (Å²) < 4.78 is 41.7. The number of hydrogen-bond donors (Lipinski definition) is 0. The summed E-state index contributed by atoms with van der Waals surface area (Å²) in [6, 6.07) is 11.4. The number of benzene rings is 2. The molecule has 0 aromatic heterocycles. The van der Waals surface area contributed by atoms with E-state index >= 15 is 0 Å². The first-order valence-electron chi connectivity index (χ1n) is 8.65. The van der Waals surface area contributed by atoms with E-state index in [-0.39, 0.29) is 17.0 Å². The van der Waals surface area contributed by atoms with E-state index in [1.54, 1.807) is 5.01 Å². The van der Waals surface area contributed by atoms with Crippen LogP contribution in [0.25, 0.3) is 0 Å². The summed E-state index contributed by atoms with van der Waals surface area (Å²) >= 11 is 5.90. The molecule has 1 saturated heterocycles. The molecule has 3 aliphatic rings. The highest BCUT2D eigenvalue weighted by molar-refractivity contribution is 7.89. The zero-order valence-corrected chi connectivity index (χ0v) is 15.7. The Balaban J connectivity index is 1.64. The maximum absolute atomic E-state index is 13.5. The van der Waals surface area contributed by atoms with E-state index in [4.69, 9.17) is 11.6 Å². The van der Waals surface area contributed by atoms with Gasteiger partial charge in [-0.05, 0) is 35.4 Å². The van der Waals surface area contributed by atoms with Crippen molar-refractivity contribution in [2.24, 2.45) is 10.3 Å². The third-order valence-electron chi connectivity index (χ3n) is 5.53. The van der Waals surface area contributed by atoms with Crippen molar-refractivity contribution in [3.8, 4) is 0 Å². The molecule has 0 radical (unpaired) electrons. The zero-order chi connectivity index (χ0) is 18.8. The minimum Gasteiger partial charge on any atom is -0.270 e. The highest BCUT2D eigenvalue weighted by Crippen LogP contribution is 2.59. The number of alkyl halides is 1. The largest absolute Gasteiger partial charge is 0.270 e. The summed E-state index contributed by atoms with van der Waals surface area (Å²) in [5.41, 5.74) is 1.93. The van der Waals surface area contributed by atoms with E-state index in [0.717, 1.165) is 11.1 Å². The van der Waals surface area contributed by atoms with E-state index in [1.165, 1.54) is 28.6 Å². The van der Waals surface area contributed by atoms with E-state index in [2.05, 4.69) is 10.3 Å². The predicted molar refractivity (Wildman–Crippen MR) is 97.2 cm³/mol. The summed E-state index contributed by atoms with van der Waals surface area (Å²) in [4.78, 5) is 0.0764. The van der Waals surface area contributed by atoms with Gasteiger partial charge in [0.1, 0.15) is 11.9 Å². The fourth-order valence-corrected chi connectivity index (χ4v) is 6.47. The van der Waals surface area contributed by atoms with Gasteiger partial charge in [0.25, 0.3) is 0 Å². The first-order valence-corrected chi connectivity index (χ1v) is 10.6. The Bertz CT molecular complexity index is 1030. The van der Waals surface area contributed by atoms with Crippen LogP contribution in [0.4, 0.5) is 4.39 Å². The quantitative estimate of drug-likeness (QED) is 0.732. The van der Waals surface area contributed by atoms with Crippen molar-refractivity contribution in [1.29, 1.82) is 0 Å². The molecule has 140 valence electrons. The Morgan fingerprint density at radius 1 is 1.04 bits per heavy atom. The minimum absolute atomic E-state index is 0.0764. The SMILES string of the molecule is O=S(=O)(c1ccc(F)cc1)N1C2c3ccccc3C1C1C2N=NN1CCCl. The fourth-order valence-electron chi connectivity index (χ4n) is 4.50. The molecule has 0 saturated carbocycles. The Morgan fingerprint density at radius 2 is 1.70 bits per heavy atom. The Kier molecular flexibility index (Phi) is 3.79. The van der Waals surface area contributed by atoms with Gasteiger partial charge < -0.3 is 0 Å². The highest BCUT2D eigenvalue weighted by atomic mass is 35.5. The Hall–Kier alpha value is -2.03. The van der Waals surface area contributed by atoms with Gasteiger partial charge in [0.15, 0.2) is 0 Å². The lowest BCUT2D eigenvalue weighted by Gasteiger charge is -2.29. The van der Waals surface area contributed by atoms with Crippen LogP contribution < -0.4 is 0 Å². The number of halogens is 2. The molecule has 2 aromatic rings. The minimum atomic E-state index is -3.83. The zero-order valence-electron chi connectivity index (χ0n) is 14.1. The fraction of sp³-hybridized carbons (Fsp3) is 0.333. The van der Waals surface area contributed by atoms with Crippen LogP contribution in [0, 0.1) is 5.82 Å². The molecule has 4 atom stereocenters. The molecule has 6 nitrogen and oxygen atoms in total. The maximum Gasteiger partial charge on any atom is 0.244 e. The number of sulfonamides is 1. The van der Waals surface area contributed by atoms with Gasteiger partial charge in [-0.1, -0.05) is 29.5 Å². The van der Waals surface area contributed by atoms with Crippen LogP contribution in [-0.4, -0.2) is 42.2 Å². The third-order valence-corrected chi connectivity index (χ3v) is 7.57. The molecular weight excluding hydrogens is 391 g/mol. The van der Waals surface area contributed by atoms with Crippen molar-refractivity contribution in [2.75, 3.05) is 12.4 Å². The van der Waals surface area contributed by atoms with Crippen molar-refractivity contribution in [3.05, 3.63) is 65.5 Å². The average Bonchev–Trinajstić information content (AvgIpc) is 3.31. The van der Waals surface area contributed by atoms with Crippen LogP contribution in [-0.2, 0) is 10.0 Å². The summed E-state index contributed by atoms with van der Waals surface area (Å²) in [6.45, 7) is 0.502. The van der Waals surface area contributed by atoms with E-state index in [1.807, 2.05) is 24.3 Å². The second kappa shape index (κ2) is 5.98. The van der Waals surface area contributed by atoms with Gasteiger partial charge in [0.05, 0.1) is 29.6 Å². The first-order chi connectivity index (χ1) is 13.0. The van der Waals surface area contributed by atoms with Crippen LogP contribution in [0.2, 0.25) is 0 Å². The van der Waals surface area contributed by atoms with Gasteiger partial charge in [0.2, 0.25) is 10.0 Å². The molecule has 0 amide bonds. The Morgan fingerprint density at radius 3 is 2.37 bits per heavy atom. The number of hydrogen-bond acceptors (Lipinski definition) is 5. The van der Waals surface area contributed by atoms with Crippen molar-refractivity contribution >= 4 is 21.6 Å². The summed E-state index contributed by atoms with van der Waals surface area (Å²) in [6.07, 6.45) is 0. The second-order valence-corrected chi connectivity index (χ2v) is 9.07. The van der Waals surface area contributed by atoms with Gasteiger partial charge in [0, 0.05) is 5.88 Å². The molecule has 3 heterocycles. The van der Waals surface area contributed by atoms with Crippen molar-refractivity contribution in [3.63, 3.8) is 0 Å². The third kappa shape index (κ3) is 2.30. The molecule has 0 spiro atoms. The lowest BCUT2D eigenvalue weighted by atomic mass is 9.85. The highest BCUT2D eigenvalue weighted by Gasteiger charge is 2.64. The van der Waals surface area contributed by atoms with Gasteiger partial charge in [-0.15, -0.1) is 11.6 Å². The maximum atomic E-state index is 13.5. The molecule has 1 fully saturated rings. The molecule has 3 aliphatic heterocycles. The van der Waals surface area contributed by atoms with Gasteiger partial charge in [-0.2, -0.15) is 9.42 Å². The first kappa shape index (κ1) is 17.1. The molecule has 2 bridgehead atoms. The monoisotopic (exact) mass is 406 g/mol. The van der Waals surface area contributed by atoms with E-state index in [9.17, 15) is 12.8 Å². The van der Waals surface area contributed by atoms with Crippen molar-refractivity contribution < 1.29 is 12.8 Å². The summed E-state index contributed by atoms with van der Waals surface area (Å²) in [5.74, 6) is -0.0907. The number of rotatable bonds is 4. The number of nitrogens with zero attached hydrogens (tertiary/aromatic N) is 4. The lowest BCUT2D eigenvalue weighted by molar-refractivity contribution is 0.199. The van der Waals surface area contributed by atoms with E-state index < -0.39 is 27.9 Å². The molecule has 27 heavy (non-hydrogen) atoms. The van der Waals surface area contributed by atoms with Gasteiger partial charge in [-0.3, -0.25) is 5.01 Å². The average molecular weight is 407 g/mol. The Labute approximate surface area is 161 Å². The summed E-state index contributed by atoms with van der Waals surface area (Å²) in [5, 5.41) is 10.4. The van der Waals surface area contributed by atoms with Crippen molar-refractivity contribution in [1.82, 2.24) is 9.31 Å². The predicted octanol–water partition coefficient (Wildman–Crippen LogP) is 3.28. The van der Waals surface area contributed by atoms with Crippen LogP contribution >= 0.6 is 11.6 Å². The molecule has 5 rings (SSSR count). The molecule has 9 heteroatoms. The molecule has 0 aliphatic carbocycles. The van der Waals surface area contributed by atoms with Gasteiger partial charge >= 0.3 is 0 Å². The number of fused-ring (bicyclic) bond motifs is 8. The van der Waals surface area contributed by atoms with Crippen LogP contribution in [0.1, 0.15) is 23.2 Å². The van der Waals surface area contributed by atoms with Crippen LogP contribution in [0.5, 0.6) is 0 Å². The molecule has 4 unspecified atom stereocenters.